The first-order chi connectivity index (χ1) is 5.68. The standard InChI is InChI=1S/C10H9FO/c1-6-3-4-9-8(5-6)10(11)7(2)12-9/h3-5H,1-2H3. The summed E-state index contributed by atoms with van der Waals surface area (Å²) in [4.78, 5) is 0. The fourth-order valence-electron chi connectivity index (χ4n) is 1.30. The van der Waals surface area contributed by atoms with E-state index in [1.807, 2.05) is 13.0 Å². The summed E-state index contributed by atoms with van der Waals surface area (Å²) in [6, 6.07) is 5.49. The Bertz CT molecular complexity index is 429. The molecule has 0 radical (unpaired) electrons. The predicted molar refractivity (Wildman–Crippen MR) is 45.6 cm³/mol. The van der Waals surface area contributed by atoms with Crippen LogP contribution in [0.1, 0.15) is 11.3 Å². The van der Waals surface area contributed by atoms with Gasteiger partial charge in [-0.15, -0.1) is 0 Å². The van der Waals surface area contributed by atoms with Gasteiger partial charge >= 0.3 is 0 Å². The Balaban J connectivity index is 2.88. The molecule has 12 heavy (non-hydrogen) atoms. The summed E-state index contributed by atoms with van der Waals surface area (Å²) in [5, 5.41) is 0.576. The second-order valence-corrected chi connectivity index (χ2v) is 2.97. The van der Waals surface area contributed by atoms with Gasteiger partial charge in [0.2, 0.25) is 0 Å². The van der Waals surface area contributed by atoms with Crippen molar-refractivity contribution in [2.75, 3.05) is 0 Å². The Kier molecular flexibility index (Phi) is 1.43. The molecule has 0 aliphatic heterocycles. The van der Waals surface area contributed by atoms with Crippen LogP contribution in [0.25, 0.3) is 11.0 Å². The molecule has 0 spiro atoms. The van der Waals surface area contributed by atoms with Crippen molar-refractivity contribution in [1.29, 1.82) is 0 Å². The summed E-state index contributed by atoms with van der Waals surface area (Å²) in [6.45, 7) is 3.56. The Hall–Kier alpha value is -1.31. The Morgan fingerprint density at radius 1 is 1.25 bits per heavy atom. The zero-order valence-corrected chi connectivity index (χ0v) is 7.02. The van der Waals surface area contributed by atoms with Gasteiger partial charge in [-0.1, -0.05) is 11.6 Å². The topological polar surface area (TPSA) is 13.1 Å². The summed E-state index contributed by atoms with van der Waals surface area (Å²) in [5.74, 6) is 0.115. The van der Waals surface area contributed by atoms with Crippen molar-refractivity contribution in [1.82, 2.24) is 0 Å². The molecule has 0 saturated carbocycles. The van der Waals surface area contributed by atoms with Crippen molar-refractivity contribution in [3.05, 3.63) is 35.3 Å². The van der Waals surface area contributed by atoms with Crippen LogP contribution < -0.4 is 0 Å². The lowest BCUT2D eigenvalue weighted by atomic mass is 10.2. The molecule has 0 bridgehead atoms. The van der Waals surface area contributed by atoms with Gasteiger partial charge in [0.1, 0.15) is 11.3 Å². The van der Waals surface area contributed by atoms with E-state index >= 15 is 0 Å². The van der Waals surface area contributed by atoms with Gasteiger partial charge in [-0.25, -0.2) is 4.39 Å². The third-order valence-electron chi connectivity index (χ3n) is 1.94. The predicted octanol–water partition coefficient (Wildman–Crippen LogP) is 3.19. The number of furan rings is 1. The third-order valence-corrected chi connectivity index (χ3v) is 1.94. The van der Waals surface area contributed by atoms with Gasteiger partial charge in [0.05, 0.1) is 5.39 Å². The number of hydrogen-bond acceptors (Lipinski definition) is 1. The zero-order valence-electron chi connectivity index (χ0n) is 7.02. The molecule has 2 heteroatoms. The van der Waals surface area contributed by atoms with E-state index in [9.17, 15) is 4.39 Å². The molecular weight excluding hydrogens is 155 g/mol. The molecule has 0 aliphatic rings. The molecule has 0 saturated heterocycles. The minimum Gasteiger partial charge on any atom is -0.458 e. The molecular formula is C10H9FO. The maximum atomic E-state index is 13.2. The fraction of sp³-hybridized carbons (Fsp3) is 0.200. The van der Waals surface area contributed by atoms with Crippen LogP contribution in [-0.4, -0.2) is 0 Å². The highest BCUT2D eigenvalue weighted by Crippen LogP contribution is 2.24. The van der Waals surface area contributed by atoms with E-state index in [0.717, 1.165) is 5.56 Å². The van der Waals surface area contributed by atoms with Gasteiger partial charge in [0.25, 0.3) is 0 Å². The molecule has 0 N–H and O–H groups in total. The van der Waals surface area contributed by atoms with Crippen LogP contribution >= 0.6 is 0 Å². The summed E-state index contributed by atoms with van der Waals surface area (Å²) in [6.07, 6.45) is 0. The second kappa shape index (κ2) is 2.34. The molecule has 0 amide bonds. The van der Waals surface area contributed by atoms with Crippen LogP contribution in [0.3, 0.4) is 0 Å². The van der Waals surface area contributed by atoms with Gasteiger partial charge in [-0.05, 0) is 26.0 Å². The van der Waals surface area contributed by atoms with Crippen LogP contribution in [-0.2, 0) is 0 Å². The highest BCUT2D eigenvalue weighted by Gasteiger charge is 2.09. The largest absolute Gasteiger partial charge is 0.458 e. The summed E-state index contributed by atoms with van der Waals surface area (Å²) < 4.78 is 18.4. The normalized spacial score (nSPS) is 10.9. The minimum atomic E-state index is -0.242. The summed E-state index contributed by atoms with van der Waals surface area (Å²) in [5.41, 5.74) is 1.66. The van der Waals surface area contributed by atoms with E-state index in [2.05, 4.69) is 0 Å². The van der Waals surface area contributed by atoms with Crippen molar-refractivity contribution in [3.63, 3.8) is 0 Å². The average molecular weight is 164 g/mol. The van der Waals surface area contributed by atoms with E-state index in [1.165, 1.54) is 0 Å². The molecule has 0 aliphatic carbocycles. The summed E-state index contributed by atoms with van der Waals surface area (Å²) >= 11 is 0. The van der Waals surface area contributed by atoms with Crippen molar-refractivity contribution in [2.45, 2.75) is 13.8 Å². The van der Waals surface area contributed by atoms with Crippen LogP contribution in [0.5, 0.6) is 0 Å². The fourth-order valence-corrected chi connectivity index (χ4v) is 1.30. The molecule has 62 valence electrons. The molecule has 2 rings (SSSR count). The molecule has 1 nitrogen and oxygen atoms in total. The van der Waals surface area contributed by atoms with E-state index in [-0.39, 0.29) is 5.82 Å². The smallest absolute Gasteiger partial charge is 0.172 e. The quantitative estimate of drug-likeness (QED) is 0.582. The lowest BCUT2D eigenvalue weighted by Gasteiger charge is -1.89. The Morgan fingerprint density at radius 3 is 2.75 bits per heavy atom. The van der Waals surface area contributed by atoms with Crippen LogP contribution in [0.4, 0.5) is 4.39 Å². The lowest BCUT2D eigenvalue weighted by molar-refractivity contribution is 0.523. The van der Waals surface area contributed by atoms with Gasteiger partial charge in [-0.2, -0.15) is 0 Å². The molecule has 2 aromatic rings. The highest BCUT2D eigenvalue weighted by molar-refractivity contribution is 5.79. The van der Waals surface area contributed by atoms with Crippen LogP contribution in [0.15, 0.2) is 22.6 Å². The van der Waals surface area contributed by atoms with Crippen LogP contribution in [0, 0.1) is 19.7 Å². The number of benzene rings is 1. The Labute approximate surface area is 69.8 Å². The highest BCUT2D eigenvalue weighted by atomic mass is 19.1. The minimum absolute atomic E-state index is 0.242. The lowest BCUT2D eigenvalue weighted by Crippen LogP contribution is -1.73. The monoisotopic (exact) mass is 164 g/mol. The molecule has 1 aromatic heterocycles. The van der Waals surface area contributed by atoms with E-state index in [1.54, 1.807) is 19.1 Å². The number of fused-ring (bicyclic) bond motifs is 1. The van der Waals surface area contributed by atoms with E-state index < -0.39 is 0 Å². The molecule has 1 heterocycles. The van der Waals surface area contributed by atoms with Gasteiger partial charge < -0.3 is 4.42 Å². The molecule has 0 fully saturated rings. The number of aryl methyl sites for hydroxylation is 2. The maximum Gasteiger partial charge on any atom is 0.172 e. The summed E-state index contributed by atoms with van der Waals surface area (Å²) in [7, 11) is 0. The van der Waals surface area contributed by atoms with Gasteiger partial charge in [0.15, 0.2) is 5.82 Å². The molecule has 1 aromatic carbocycles. The molecule has 0 unspecified atom stereocenters. The van der Waals surface area contributed by atoms with Crippen molar-refractivity contribution < 1.29 is 8.81 Å². The Morgan fingerprint density at radius 2 is 2.00 bits per heavy atom. The average Bonchev–Trinajstić information content (AvgIpc) is 2.31. The maximum absolute atomic E-state index is 13.2. The first-order valence-corrected chi connectivity index (χ1v) is 3.84. The van der Waals surface area contributed by atoms with Gasteiger partial charge in [0, 0.05) is 0 Å². The van der Waals surface area contributed by atoms with Crippen molar-refractivity contribution in [2.24, 2.45) is 0 Å². The first-order valence-electron chi connectivity index (χ1n) is 3.84. The number of halogens is 1. The third kappa shape index (κ3) is 0.916. The zero-order chi connectivity index (χ0) is 8.72. The van der Waals surface area contributed by atoms with E-state index in [4.69, 9.17) is 4.42 Å². The van der Waals surface area contributed by atoms with Crippen LogP contribution in [0.2, 0.25) is 0 Å². The number of rotatable bonds is 0. The van der Waals surface area contributed by atoms with E-state index in [0.29, 0.717) is 16.7 Å². The molecule has 0 atom stereocenters. The second-order valence-electron chi connectivity index (χ2n) is 2.97. The van der Waals surface area contributed by atoms with Gasteiger partial charge in [-0.3, -0.25) is 0 Å². The first kappa shape index (κ1) is 7.35. The van der Waals surface area contributed by atoms with Crippen molar-refractivity contribution in [3.8, 4) is 0 Å². The number of hydrogen-bond donors (Lipinski definition) is 0. The van der Waals surface area contributed by atoms with Crippen molar-refractivity contribution >= 4 is 11.0 Å². The SMILES string of the molecule is Cc1ccc2oc(C)c(F)c2c1.